The second-order valence-electron chi connectivity index (χ2n) is 3.34. The Balaban J connectivity index is 1.99. The maximum atomic E-state index is 11.6. The lowest BCUT2D eigenvalue weighted by molar-refractivity contribution is 0.0939. The van der Waals surface area contributed by atoms with Crippen LogP contribution in [-0.4, -0.2) is 25.8 Å². The first-order valence-corrected chi connectivity index (χ1v) is 4.72. The molecule has 0 spiro atoms. The Bertz CT molecular complexity index is 501. The van der Waals surface area contributed by atoms with Crippen LogP contribution in [0.4, 0.5) is 0 Å². The summed E-state index contributed by atoms with van der Waals surface area (Å²) in [6.07, 6.45) is 3.48. The molecule has 1 N–H and O–H groups in total. The molecule has 0 aliphatic carbocycles. The van der Waals surface area contributed by atoms with Crippen molar-refractivity contribution < 1.29 is 9.42 Å². The molecule has 0 radical (unpaired) electrons. The van der Waals surface area contributed by atoms with Crippen LogP contribution in [0, 0.1) is 6.92 Å². The highest BCUT2D eigenvalue weighted by Crippen LogP contribution is 2.00. The number of hydrogen-bond donors (Lipinski definition) is 1. The van der Waals surface area contributed by atoms with Crippen molar-refractivity contribution in [3.8, 4) is 0 Å². The van der Waals surface area contributed by atoms with Crippen molar-refractivity contribution in [3.63, 3.8) is 0 Å². The van der Waals surface area contributed by atoms with Gasteiger partial charge in [0.15, 0.2) is 5.69 Å². The number of nitrogens with zero attached hydrogens (tertiary/aromatic N) is 4. The molecule has 0 aliphatic rings. The van der Waals surface area contributed by atoms with E-state index in [4.69, 9.17) is 0 Å². The van der Waals surface area contributed by atoms with Gasteiger partial charge in [0, 0.05) is 19.4 Å². The van der Waals surface area contributed by atoms with Gasteiger partial charge in [-0.3, -0.25) is 4.79 Å². The molecule has 16 heavy (non-hydrogen) atoms. The standard InChI is InChI=1S/C9H11N5O2/c1-6-8(13-16-12-6)9(15)11-5-7-10-3-4-14(7)2/h3-4H,5H2,1-2H3,(H,11,15). The molecular weight excluding hydrogens is 210 g/mol. The second-order valence-corrected chi connectivity index (χ2v) is 3.34. The molecule has 0 atom stereocenters. The van der Waals surface area contributed by atoms with Crippen LogP contribution in [0.3, 0.4) is 0 Å². The van der Waals surface area contributed by atoms with Crippen LogP contribution in [0.1, 0.15) is 22.0 Å². The van der Waals surface area contributed by atoms with Crippen molar-refractivity contribution in [3.05, 3.63) is 29.6 Å². The summed E-state index contributed by atoms with van der Waals surface area (Å²) in [6, 6.07) is 0. The highest BCUT2D eigenvalue weighted by atomic mass is 16.6. The lowest BCUT2D eigenvalue weighted by Gasteiger charge is -2.02. The average molecular weight is 221 g/mol. The van der Waals surface area contributed by atoms with Gasteiger partial charge in [-0.15, -0.1) is 0 Å². The van der Waals surface area contributed by atoms with Crippen molar-refractivity contribution in [2.24, 2.45) is 7.05 Å². The van der Waals surface area contributed by atoms with E-state index in [-0.39, 0.29) is 11.6 Å². The van der Waals surface area contributed by atoms with Gasteiger partial charge >= 0.3 is 0 Å². The number of imidazole rings is 1. The molecule has 0 bridgehead atoms. The molecule has 0 aromatic carbocycles. The van der Waals surface area contributed by atoms with Crippen LogP contribution in [0.5, 0.6) is 0 Å². The highest BCUT2D eigenvalue weighted by Gasteiger charge is 2.14. The fourth-order valence-corrected chi connectivity index (χ4v) is 1.25. The molecule has 2 aromatic heterocycles. The van der Waals surface area contributed by atoms with Crippen molar-refractivity contribution >= 4 is 5.91 Å². The Labute approximate surface area is 91.4 Å². The molecule has 0 saturated heterocycles. The van der Waals surface area contributed by atoms with Crippen molar-refractivity contribution in [1.29, 1.82) is 0 Å². The summed E-state index contributed by atoms with van der Waals surface area (Å²) in [5, 5.41) is 9.73. The molecule has 0 unspecified atom stereocenters. The molecule has 7 heteroatoms. The predicted molar refractivity (Wildman–Crippen MR) is 53.4 cm³/mol. The van der Waals surface area contributed by atoms with E-state index in [1.807, 2.05) is 17.8 Å². The van der Waals surface area contributed by atoms with Crippen LogP contribution in [0.2, 0.25) is 0 Å². The zero-order valence-corrected chi connectivity index (χ0v) is 8.97. The van der Waals surface area contributed by atoms with Gasteiger partial charge < -0.3 is 9.88 Å². The molecule has 7 nitrogen and oxygen atoms in total. The van der Waals surface area contributed by atoms with Crippen LogP contribution < -0.4 is 5.32 Å². The van der Waals surface area contributed by atoms with E-state index in [2.05, 4.69) is 25.2 Å². The van der Waals surface area contributed by atoms with E-state index in [1.165, 1.54) is 0 Å². The maximum absolute atomic E-state index is 11.6. The van der Waals surface area contributed by atoms with Crippen molar-refractivity contribution in [2.75, 3.05) is 0 Å². The molecule has 84 valence electrons. The Morgan fingerprint density at radius 3 is 2.94 bits per heavy atom. The first kappa shape index (κ1) is 10.3. The van der Waals surface area contributed by atoms with Gasteiger partial charge in [-0.1, -0.05) is 5.16 Å². The summed E-state index contributed by atoms with van der Waals surface area (Å²) >= 11 is 0. The first-order chi connectivity index (χ1) is 7.68. The zero-order valence-electron chi connectivity index (χ0n) is 8.97. The van der Waals surface area contributed by atoms with Gasteiger partial charge in [-0.25, -0.2) is 9.61 Å². The van der Waals surface area contributed by atoms with Crippen molar-refractivity contribution in [2.45, 2.75) is 13.5 Å². The Morgan fingerprint density at radius 1 is 1.56 bits per heavy atom. The minimum atomic E-state index is -0.318. The lowest BCUT2D eigenvalue weighted by Crippen LogP contribution is -2.25. The van der Waals surface area contributed by atoms with E-state index < -0.39 is 0 Å². The molecular formula is C9H11N5O2. The first-order valence-electron chi connectivity index (χ1n) is 4.72. The van der Waals surface area contributed by atoms with Gasteiger partial charge in [-0.05, 0) is 12.1 Å². The summed E-state index contributed by atoms with van der Waals surface area (Å²) in [7, 11) is 1.86. The number of hydrogen-bond acceptors (Lipinski definition) is 5. The van der Waals surface area contributed by atoms with E-state index in [1.54, 1.807) is 13.1 Å². The molecule has 0 fully saturated rings. The monoisotopic (exact) mass is 221 g/mol. The lowest BCUT2D eigenvalue weighted by atomic mass is 10.3. The van der Waals surface area contributed by atoms with E-state index in [0.717, 1.165) is 5.82 Å². The third kappa shape index (κ3) is 1.92. The van der Waals surface area contributed by atoms with Gasteiger partial charge in [0.05, 0.1) is 6.54 Å². The molecule has 0 aliphatic heterocycles. The Kier molecular flexibility index (Phi) is 2.67. The zero-order chi connectivity index (χ0) is 11.5. The number of carbonyl (C=O) groups is 1. The molecule has 1 amide bonds. The number of aromatic nitrogens is 4. The molecule has 0 saturated carbocycles. The number of rotatable bonds is 3. The maximum Gasteiger partial charge on any atom is 0.275 e. The quantitative estimate of drug-likeness (QED) is 0.790. The predicted octanol–water partition coefficient (Wildman–Crippen LogP) is 0.0415. The summed E-state index contributed by atoms with van der Waals surface area (Å²) in [6.45, 7) is 2.00. The van der Waals surface area contributed by atoms with Crippen LogP contribution >= 0.6 is 0 Å². The topological polar surface area (TPSA) is 85.8 Å². The van der Waals surface area contributed by atoms with Gasteiger partial charge in [0.25, 0.3) is 5.91 Å². The number of amides is 1. The Morgan fingerprint density at radius 2 is 2.38 bits per heavy atom. The van der Waals surface area contributed by atoms with Crippen LogP contribution in [-0.2, 0) is 13.6 Å². The van der Waals surface area contributed by atoms with Crippen LogP contribution in [0.15, 0.2) is 17.0 Å². The number of aryl methyl sites for hydroxylation is 2. The Hall–Kier alpha value is -2.18. The van der Waals surface area contributed by atoms with E-state index in [9.17, 15) is 4.79 Å². The van der Waals surface area contributed by atoms with Gasteiger partial charge in [0.1, 0.15) is 11.5 Å². The van der Waals surface area contributed by atoms with E-state index >= 15 is 0 Å². The normalized spacial score (nSPS) is 10.4. The smallest absolute Gasteiger partial charge is 0.275 e. The number of carbonyl (C=O) groups excluding carboxylic acids is 1. The third-order valence-corrected chi connectivity index (χ3v) is 2.20. The van der Waals surface area contributed by atoms with Gasteiger partial charge in [0.2, 0.25) is 0 Å². The summed E-state index contributed by atoms with van der Waals surface area (Å²) in [5.74, 6) is 0.448. The fourth-order valence-electron chi connectivity index (χ4n) is 1.25. The van der Waals surface area contributed by atoms with Crippen molar-refractivity contribution in [1.82, 2.24) is 25.2 Å². The molecule has 2 aromatic rings. The fraction of sp³-hybridized carbons (Fsp3) is 0.333. The third-order valence-electron chi connectivity index (χ3n) is 2.20. The SMILES string of the molecule is Cc1nonc1C(=O)NCc1nccn1C. The van der Waals surface area contributed by atoms with Gasteiger partial charge in [-0.2, -0.15) is 0 Å². The minimum absolute atomic E-state index is 0.203. The highest BCUT2D eigenvalue weighted by molar-refractivity contribution is 5.92. The number of nitrogens with one attached hydrogen (secondary N) is 1. The largest absolute Gasteiger partial charge is 0.343 e. The summed E-state index contributed by atoms with van der Waals surface area (Å²) < 4.78 is 6.27. The van der Waals surface area contributed by atoms with Crippen LogP contribution in [0.25, 0.3) is 0 Å². The summed E-state index contributed by atoms with van der Waals surface area (Å²) in [5.41, 5.74) is 0.673. The second kappa shape index (κ2) is 4.13. The molecule has 2 rings (SSSR count). The average Bonchev–Trinajstić information content (AvgIpc) is 2.84. The minimum Gasteiger partial charge on any atom is -0.343 e. The van der Waals surface area contributed by atoms with E-state index in [0.29, 0.717) is 12.2 Å². The summed E-state index contributed by atoms with van der Waals surface area (Å²) in [4.78, 5) is 15.7. The molecule has 2 heterocycles.